The Morgan fingerprint density at radius 1 is 1.09 bits per heavy atom. The van der Waals surface area contributed by atoms with Crippen LogP contribution in [0.15, 0.2) is 42.5 Å². The molecule has 2 aromatic rings. The Kier molecular flexibility index (Phi) is 3.44. The van der Waals surface area contributed by atoms with Crippen molar-refractivity contribution >= 4 is 10.8 Å². The van der Waals surface area contributed by atoms with Crippen molar-refractivity contribution < 1.29 is 9.84 Å². The molecule has 2 fully saturated rings. The van der Waals surface area contributed by atoms with Gasteiger partial charge in [0.05, 0.1) is 18.8 Å². The molecule has 3 nitrogen and oxygen atoms in total. The quantitative estimate of drug-likeness (QED) is 0.925. The van der Waals surface area contributed by atoms with E-state index in [1.807, 2.05) is 0 Å². The second-order valence-corrected chi connectivity index (χ2v) is 6.96. The number of hydrogen-bond donors (Lipinski definition) is 1. The lowest BCUT2D eigenvalue weighted by Gasteiger charge is -2.50. The van der Waals surface area contributed by atoms with Crippen molar-refractivity contribution in [1.82, 2.24) is 4.90 Å². The summed E-state index contributed by atoms with van der Waals surface area (Å²) in [5, 5.41) is 13.7. The molecular weight excluding hydrogens is 274 g/mol. The summed E-state index contributed by atoms with van der Waals surface area (Å²) in [7, 11) is 2.16. The predicted molar refractivity (Wildman–Crippen MR) is 88.0 cm³/mol. The number of aliphatic hydroxyl groups is 1. The van der Waals surface area contributed by atoms with Crippen LogP contribution in [0.5, 0.6) is 0 Å². The molecule has 0 spiro atoms. The second-order valence-electron chi connectivity index (χ2n) is 6.96. The lowest BCUT2D eigenvalue weighted by molar-refractivity contribution is -0.133. The minimum Gasteiger partial charge on any atom is -0.389 e. The zero-order valence-electron chi connectivity index (χ0n) is 13.0. The number of morpholine rings is 1. The minimum atomic E-state index is -0.615. The molecule has 3 heteroatoms. The topological polar surface area (TPSA) is 32.7 Å². The van der Waals surface area contributed by atoms with Crippen LogP contribution in [0.2, 0.25) is 0 Å². The monoisotopic (exact) mass is 297 g/mol. The molecule has 1 N–H and O–H groups in total. The maximum absolute atomic E-state index is 11.2. The van der Waals surface area contributed by atoms with Crippen LogP contribution in [-0.2, 0) is 11.2 Å². The van der Waals surface area contributed by atoms with Gasteiger partial charge in [0.1, 0.15) is 0 Å². The van der Waals surface area contributed by atoms with Gasteiger partial charge in [-0.2, -0.15) is 0 Å². The number of nitrogens with zero attached hydrogens (tertiary/aromatic N) is 1. The fourth-order valence-electron chi connectivity index (χ4n) is 4.19. The maximum Gasteiger partial charge on any atom is 0.0719 e. The Morgan fingerprint density at radius 2 is 1.77 bits per heavy atom. The number of hydrogen-bond acceptors (Lipinski definition) is 3. The summed E-state index contributed by atoms with van der Waals surface area (Å²) in [6.45, 7) is 1.48. The Hall–Kier alpha value is -1.42. The number of fused-ring (bicyclic) bond motifs is 3. The van der Waals surface area contributed by atoms with Crippen LogP contribution in [0.4, 0.5) is 0 Å². The van der Waals surface area contributed by atoms with Gasteiger partial charge in [0.25, 0.3) is 0 Å². The van der Waals surface area contributed by atoms with Gasteiger partial charge in [-0.25, -0.2) is 0 Å². The smallest absolute Gasteiger partial charge is 0.0719 e. The third-order valence-electron chi connectivity index (χ3n) is 5.40. The lowest BCUT2D eigenvalue weighted by atomic mass is 9.77. The van der Waals surface area contributed by atoms with Crippen molar-refractivity contribution in [2.75, 3.05) is 20.3 Å². The highest BCUT2D eigenvalue weighted by Crippen LogP contribution is 2.36. The van der Waals surface area contributed by atoms with E-state index in [-0.39, 0.29) is 0 Å². The first-order valence-electron chi connectivity index (χ1n) is 8.13. The lowest BCUT2D eigenvalue weighted by Crippen LogP contribution is -2.60. The summed E-state index contributed by atoms with van der Waals surface area (Å²) in [6.07, 6.45) is 2.32. The molecule has 2 aliphatic heterocycles. The van der Waals surface area contributed by atoms with E-state index in [0.29, 0.717) is 12.1 Å². The van der Waals surface area contributed by atoms with Crippen molar-refractivity contribution in [2.24, 2.45) is 0 Å². The molecule has 2 atom stereocenters. The van der Waals surface area contributed by atoms with E-state index < -0.39 is 5.60 Å². The van der Waals surface area contributed by atoms with Crippen LogP contribution in [0.1, 0.15) is 18.4 Å². The fraction of sp³-hybridized carbons (Fsp3) is 0.474. The molecular formula is C19H23NO2. The van der Waals surface area contributed by atoms with Crippen LogP contribution >= 0.6 is 0 Å². The number of likely N-dealkylation sites (N-methyl/N-ethyl adjacent to an activating group) is 1. The van der Waals surface area contributed by atoms with Crippen LogP contribution in [0.25, 0.3) is 10.8 Å². The largest absolute Gasteiger partial charge is 0.389 e. The summed E-state index contributed by atoms with van der Waals surface area (Å²) >= 11 is 0. The average molecular weight is 297 g/mol. The van der Waals surface area contributed by atoms with Gasteiger partial charge in [0.2, 0.25) is 0 Å². The van der Waals surface area contributed by atoms with Crippen LogP contribution in [-0.4, -0.2) is 48.0 Å². The molecule has 0 radical (unpaired) electrons. The van der Waals surface area contributed by atoms with Gasteiger partial charge in [0, 0.05) is 18.5 Å². The number of rotatable bonds is 2. The molecule has 2 bridgehead atoms. The van der Waals surface area contributed by atoms with Gasteiger partial charge in [-0.3, -0.25) is 4.90 Å². The predicted octanol–water partition coefficient (Wildman–Crippen LogP) is 2.61. The first-order valence-corrected chi connectivity index (χ1v) is 8.13. The van der Waals surface area contributed by atoms with Crippen molar-refractivity contribution in [3.63, 3.8) is 0 Å². The SMILES string of the molecule is CN1C2COCC1CC(O)(Cc1cccc3ccccc13)C2. The molecule has 2 unspecified atom stereocenters. The van der Waals surface area contributed by atoms with Crippen LogP contribution in [0, 0.1) is 0 Å². The van der Waals surface area contributed by atoms with Gasteiger partial charge in [0.15, 0.2) is 0 Å². The Morgan fingerprint density at radius 3 is 2.55 bits per heavy atom. The molecule has 0 saturated carbocycles. The van der Waals surface area contributed by atoms with E-state index in [0.717, 1.165) is 32.5 Å². The molecule has 2 aliphatic rings. The first kappa shape index (κ1) is 14.2. The minimum absolute atomic E-state index is 0.340. The zero-order chi connectivity index (χ0) is 15.2. The highest BCUT2D eigenvalue weighted by molar-refractivity contribution is 5.85. The van der Waals surface area contributed by atoms with E-state index in [2.05, 4.69) is 54.4 Å². The van der Waals surface area contributed by atoms with Gasteiger partial charge in [-0.1, -0.05) is 42.5 Å². The van der Waals surface area contributed by atoms with E-state index in [4.69, 9.17) is 4.74 Å². The van der Waals surface area contributed by atoms with Crippen LogP contribution in [0.3, 0.4) is 0 Å². The highest BCUT2D eigenvalue weighted by atomic mass is 16.5. The maximum atomic E-state index is 11.2. The standard InChI is InChI=1S/C19H23NO2/c1-20-16-10-19(21,11-17(20)13-22-12-16)9-15-7-4-6-14-5-2-3-8-18(14)15/h2-8,16-17,21H,9-13H2,1H3. The van der Waals surface area contributed by atoms with E-state index in [1.165, 1.54) is 16.3 Å². The fourth-order valence-corrected chi connectivity index (χ4v) is 4.19. The molecule has 0 aromatic heterocycles. The molecule has 116 valence electrons. The number of ether oxygens (including phenoxy) is 1. The summed E-state index contributed by atoms with van der Waals surface area (Å²) in [4.78, 5) is 2.39. The van der Waals surface area contributed by atoms with Crippen molar-refractivity contribution in [1.29, 1.82) is 0 Å². The molecule has 2 saturated heterocycles. The molecule has 0 amide bonds. The first-order chi connectivity index (χ1) is 10.6. The third-order valence-corrected chi connectivity index (χ3v) is 5.40. The van der Waals surface area contributed by atoms with Gasteiger partial charge >= 0.3 is 0 Å². The summed E-state index contributed by atoms with van der Waals surface area (Å²) < 4.78 is 5.67. The van der Waals surface area contributed by atoms with Gasteiger partial charge < -0.3 is 9.84 Å². The zero-order valence-corrected chi connectivity index (χ0v) is 13.0. The Bertz CT molecular complexity index is 665. The van der Waals surface area contributed by atoms with E-state index in [9.17, 15) is 5.11 Å². The summed E-state index contributed by atoms with van der Waals surface area (Å²) in [5.74, 6) is 0. The second kappa shape index (κ2) is 5.34. The molecule has 4 rings (SSSR count). The van der Waals surface area contributed by atoms with Gasteiger partial charge in [-0.15, -0.1) is 0 Å². The van der Waals surface area contributed by atoms with Crippen molar-refractivity contribution in [3.8, 4) is 0 Å². The molecule has 22 heavy (non-hydrogen) atoms. The normalized spacial score (nSPS) is 32.3. The summed E-state index contributed by atoms with van der Waals surface area (Å²) in [6, 6.07) is 15.5. The molecule has 0 aliphatic carbocycles. The van der Waals surface area contributed by atoms with E-state index >= 15 is 0 Å². The Labute approximate surface area is 131 Å². The highest BCUT2D eigenvalue weighted by Gasteiger charge is 2.44. The van der Waals surface area contributed by atoms with Crippen molar-refractivity contribution in [2.45, 2.75) is 36.9 Å². The Balaban J connectivity index is 1.64. The third kappa shape index (κ3) is 2.43. The van der Waals surface area contributed by atoms with Gasteiger partial charge in [-0.05, 0) is 36.2 Å². The number of piperidine rings is 1. The van der Waals surface area contributed by atoms with Crippen molar-refractivity contribution in [3.05, 3.63) is 48.0 Å². The van der Waals surface area contributed by atoms with E-state index in [1.54, 1.807) is 0 Å². The molecule has 2 heterocycles. The van der Waals surface area contributed by atoms with Crippen LogP contribution < -0.4 is 0 Å². The average Bonchev–Trinajstić information content (AvgIpc) is 2.50. The number of benzene rings is 2. The molecule has 2 aromatic carbocycles. The summed E-state index contributed by atoms with van der Waals surface area (Å²) in [5.41, 5.74) is 0.639.